The number of ether oxygens (including phenoxy) is 2. The van der Waals surface area contributed by atoms with Gasteiger partial charge in [0.05, 0.1) is 14.2 Å². The first-order chi connectivity index (χ1) is 11.2. The summed E-state index contributed by atoms with van der Waals surface area (Å²) in [5.41, 5.74) is 0. The van der Waals surface area contributed by atoms with Crippen LogP contribution < -0.4 is 5.32 Å². The van der Waals surface area contributed by atoms with Crippen molar-refractivity contribution < 1.29 is 19.1 Å². The van der Waals surface area contributed by atoms with Gasteiger partial charge < -0.3 is 14.8 Å². The summed E-state index contributed by atoms with van der Waals surface area (Å²) in [5.74, 6) is -0.200. The van der Waals surface area contributed by atoms with Gasteiger partial charge in [-0.05, 0) is 38.8 Å². The Morgan fingerprint density at radius 3 is 1.35 bits per heavy atom. The van der Waals surface area contributed by atoms with Crippen molar-refractivity contribution in [3.05, 3.63) is 0 Å². The van der Waals surface area contributed by atoms with Crippen LogP contribution in [0.5, 0.6) is 0 Å². The van der Waals surface area contributed by atoms with Crippen LogP contribution in [0, 0.1) is 0 Å². The number of esters is 2. The Kier molecular flexibility index (Phi) is 16.4. The molecule has 0 bridgehead atoms. The van der Waals surface area contributed by atoms with Gasteiger partial charge in [-0.1, -0.05) is 38.5 Å². The zero-order chi connectivity index (χ0) is 17.2. The maximum Gasteiger partial charge on any atom is 0.305 e. The summed E-state index contributed by atoms with van der Waals surface area (Å²) in [6.07, 6.45) is 12.5. The van der Waals surface area contributed by atoms with Crippen LogP contribution in [-0.2, 0) is 19.1 Å². The van der Waals surface area contributed by atoms with Gasteiger partial charge >= 0.3 is 11.9 Å². The lowest BCUT2D eigenvalue weighted by molar-refractivity contribution is -0.141. The first kappa shape index (κ1) is 21.9. The van der Waals surface area contributed by atoms with Gasteiger partial charge in [-0.2, -0.15) is 0 Å². The molecule has 0 aliphatic carbocycles. The van der Waals surface area contributed by atoms with E-state index in [1.165, 1.54) is 52.7 Å². The van der Waals surface area contributed by atoms with E-state index >= 15 is 0 Å². The highest BCUT2D eigenvalue weighted by Gasteiger charge is 2.00. The number of hydrogen-bond acceptors (Lipinski definition) is 5. The minimum Gasteiger partial charge on any atom is -0.469 e. The standard InChI is InChI=1S/C18H35NO4/c1-22-17(20)13-9-5-3-7-11-15-19-16-12-8-4-6-10-14-18(21)23-2/h19H,3-16H2,1-2H3. The fourth-order valence-electron chi connectivity index (χ4n) is 2.43. The molecule has 0 aromatic rings. The summed E-state index contributed by atoms with van der Waals surface area (Å²) in [6, 6.07) is 0. The predicted octanol–water partition coefficient (Wildman–Crippen LogP) is 3.60. The molecule has 0 heterocycles. The number of carbonyl (C=O) groups is 2. The molecule has 0 aliphatic heterocycles. The van der Waals surface area contributed by atoms with E-state index in [1.54, 1.807) is 0 Å². The maximum atomic E-state index is 10.9. The van der Waals surface area contributed by atoms with Gasteiger partial charge in [0.25, 0.3) is 0 Å². The molecule has 0 aromatic heterocycles. The molecule has 23 heavy (non-hydrogen) atoms. The fourth-order valence-corrected chi connectivity index (χ4v) is 2.43. The Bertz CT molecular complexity index is 267. The van der Waals surface area contributed by atoms with E-state index in [1.807, 2.05) is 0 Å². The largest absolute Gasteiger partial charge is 0.469 e. The monoisotopic (exact) mass is 329 g/mol. The Labute approximate surface area is 141 Å². The number of carbonyl (C=O) groups excluding carboxylic acids is 2. The van der Waals surface area contributed by atoms with Gasteiger partial charge in [0.2, 0.25) is 0 Å². The SMILES string of the molecule is COC(=O)CCCCCCCNCCCCCCCC(=O)OC. The summed E-state index contributed by atoms with van der Waals surface area (Å²) in [6.45, 7) is 2.17. The van der Waals surface area contributed by atoms with Gasteiger partial charge in [0.15, 0.2) is 0 Å². The number of unbranched alkanes of at least 4 members (excludes halogenated alkanes) is 8. The van der Waals surface area contributed by atoms with Crippen LogP contribution in [0.1, 0.15) is 77.0 Å². The van der Waals surface area contributed by atoms with Crippen molar-refractivity contribution in [3.63, 3.8) is 0 Å². The highest BCUT2D eigenvalue weighted by atomic mass is 16.5. The molecule has 0 saturated carbocycles. The van der Waals surface area contributed by atoms with Crippen LogP contribution in [0.15, 0.2) is 0 Å². The van der Waals surface area contributed by atoms with E-state index < -0.39 is 0 Å². The molecule has 136 valence electrons. The van der Waals surface area contributed by atoms with Crippen molar-refractivity contribution in [1.82, 2.24) is 5.32 Å². The van der Waals surface area contributed by atoms with Crippen molar-refractivity contribution in [3.8, 4) is 0 Å². The zero-order valence-electron chi connectivity index (χ0n) is 15.0. The summed E-state index contributed by atoms with van der Waals surface area (Å²) >= 11 is 0. The molecule has 5 heteroatoms. The lowest BCUT2D eigenvalue weighted by Crippen LogP contribution is -2.16. The van der Waals surface area contributed by atoms with Crippen LogP contribution in [0.3, 0.4) is 0 Å². The number of hydrogen-bond donors (Lipinski definition) is 1. The lowest BCUT2D eigenvalue weighted by atomic mass is 10.1. The average Bonchev–Trinajstić information content (AvgIpc) is 2.57. The lowest BCUT2D eigenvalue weighted by Gasteiger charge is -2.05. The van der Waals surface area contributed by atoms with Crippen LogP contribution in [0.2, 0.25) is 0 Å². The second-order valence-corrected chi connectivity index (χ2v) is 5.94. The Morgan fingerprint density at radius 2 is 0.957 bits per heavy atom. The first-order valence-electron chi connectivity index (χ1n) is 9.05. The topological polar surface area (TPSA) is 64.6 Å². The van der Waals surface area contributed by atoms with Crippen molar-refractivity contribution in [2.24, 2.45) is 0 Å². The molecule has 0 fully saturated rings. The summed E-state index contributed by atoms with van der Waals surface area (Å²) in [7, 11) is 2.88. The molecule has 1 N–H and O–H groups in total. The molecule has 0 rings (SSSR count). The molecule has 0 atom stereocenters. The highest BCUT2D eigenvalue weighted by Crippen LogP contribution is 2.07. The highest BCUT2D eigenvalue weighted by molar-refractivity contribution is 5.69. The van der Waals surface area contributed by atoms with Gasteiger partial charge in [-0.3, -0.25) is 9.59 Å². The van der Waals surface area contributed by atoms with Crippen molar-refractivity contribution in [1.29, 1.82) is 0 Å². The quantitative estimate of drug-likeness (QED) is 0.346. The summed E-state index contributed by atoms with van der Waals surface area (Å²) in [4.78, 5) is 21.8. The molecule has 0 aromatic carbocycles. The number of methoxy groups -OCH3 is 2. The summed E-state index contributed by atoms with van der Waals surface area (Å²) < 4.78 is 9.22. The van der Waals surface area contributed by atoms with Crippen LogP contribution >= 0.6 is 0 Å². The van der Waals surface area contributed by atoms with Gasteiger partial charge in [0.1, 0.15) is 0 Å². The smallest absolute Gasteiger partial charge is 0.305 e. The molecule has 0 radical (unpaired) electrons. The van der Waals surface area contributed by atoms with Gasteiger partial charge in [0, 0.05) is 12.8 Å². The van der Waals surface area contributed by atoms with Crippen molar-refractivity contribution in [2.75, 3.05) is 27.3 Å². The van der Waals surface area contributed by atoms with E-state index in [-0.39, 0.29) is 11.9 Å². The Hall–Kier alpha value is -1.10. The second kappa shape index (κ2) is 17.3. The molecular formula is C18H35NO4. The Morgan fingerprint density at radius 1 is 0.609 bits per heavy atom. The van der Waals surface area contributed by atoms with E-state index in [0.717, 1.165) is 38.8 Å². The molecule has 0 spiro atoms. The molecular weight excluding hydrogens is 294 g/mol. The molecule has 0 aliphatic rings. The van der Waals surface area contributed by atoms with E-state index in [9.17, 15) is 9.59 Å². The third kappa shape index (κ3) is 17.1. The van der Waals surface area contributed by atoms with Crippen LogP contribution in [0.4, 0.5) is 0 Å². The van der Waals surface area contributed by atoms with Crippen LogP contribution in [-0.4, -0.2) is 39.2 Å². The molecule has 0 saturated heterocycles. The third-order valence-electron chi connectivity index (χ3n) is 3.92. The fraction of sp³-hybridized carbons (Fsp3) is 0.889. The third-order valence-corrected chi connectivity index (χ3v) is 3.92. The van der Waals surface area contributed by atoms with E-state index in [2.05, 4.69) is 14.8 Å². The predicted molar refractivity (Wildman–Crippen MR) is 92.3 cm³/mol. The number of rotatable bonds is 16. The normalized spacial score (nSPS) is 10.5. The second-order valence-electron chi connectivity index (χ2n) is 5.94. The van der Waals surface area contributed by atoms with Gasteiger partial charge in [-0.25, -0.2) is 0 Å². The Balaban J connectivity index is 3.05. The van der Waals surface area contributed by atoms with E-state index in [0.29, 0.717) is 12.8 Å². The maximum absolute atomic E-state index is 10.9. The molecule has 0 amide bonds. The van der Waals surface area contributed by atoms with E-state index in [4.69, 9.17) is 0 Å². The van der Waals surface area contributed by atoms with Crippen molar-refractivity contribution >= 4 is 11.9 Å². The first-order valence-corrected chi connectivity index (χ1v) is 9.05. The summed E-state index contributed by atoms with van der Waals surface area (Å²) in [5, 5.41) is 3.47. The number of nitrogens with one attached hydrogen (secondary N) is 1. The van der Waals surface area contributed by atoms with Crippen LogP contribution in [0.25, 0.3) is 0 Å². The average molecular weight is 329 g/mol. The van der Waals surface area contributed by atoms with Crippen molar-refractivity contribution in [2.45, 2.75) is 77.0 Å². The minimum absolute atomic E-state index is 0.100. The zero-order valence-corrected chi connectivity index (χ0v) is 15.0. The molecule has 0 unspecified atom stereocenters. The van der Waals surface area contributed by atoms with Gasteiger partial charge in [-0.15, -0.1) is 0 Å². The molecule has 5 nitrogen and oxygen atoms in total. The minimum atomic E-state index is -0.100.